The van der Waals surface area contributed by atoms with Crippen molar-refractivity contribution in [3.05, 3.63) is 0 Å². The Kier molecular flexibility index (Phi) is 5.49. The van der Waals surface area contributed by atoms with Crippen LogP contribution in [0.15, 0.2) is 0 Å². The van der Waals surface area contributed by atoms with Crippen LogP contribution in [0.1, 0.15) is 33.1 Å². The number of nitrogens with zero attached hydrogens (tertiary/aromatic N) is 2. The molecule has 0 aromatic rings. The molecule has 0 aromatic carbocycles. The topological polar surface area (TPSA) is 6.48 Å². The number of hydrogen-bond donors (Lipinski definition) is 0. The molecular weight excluding hydrogens is 172 g/mol. The Labute approximate surface area is 89.3 Å². The van der Waals surface area contributed by atoms with Crippen LogP contribution in [0.3, 0.4) is 0 Å². The highest BCUT2D eigenvalue weighted by atomic mass is 15.2. The highest BCUT2D eigenvalue weighted by Gasteiger charge is 2.11. The third kappa shape index (κ3) is 4.97. The summed E-state index contributed by atoms with van der Waals surface area (Å²) in [7, 11) is 2.23. The fourth-order valence-electron chi connectivity index (χ4n) is 2.05. The van der Waals surface area contributed by atoms with Gasteiger partial charge in [0.1, 0.15) is 0 Å². The van der Waals surface area contributed by atoms with Gasteiger partial charge in [0.05, 0.1) is 0 Å². The normalized spacial score (nSPS) is 21.4. The lowest BCUT2D eigenvalue weighted by atomic mass is 10.1. The minimum atomic E-state index is 0.865. The summed E-state index contributed by atoms with van der Waals surface area (Å²) in [5, 5.41) is 0. The highest BCUT2D eigenvalue weighted by Crippen LogP contribution is 2.07. The first-order valence-corrected chi connectivity index (χ1v) is 6.09. The molecule has 0 aliphatic carbocycles. The van der Waals surface area contributed by atoms with Crippen LogP contribution in [0.4, 0.5) is 0 Å². The monoisotopic (exact) mass is 198 g/mol. The molecule has 2 heteroatoms. The van der Waals surface area contributed by atoms with Gasteiger partial charge in [-0.25, -0.2) is 0 Å². The smallest absolute Gasteiger partial charge is 0.0109 e. The molecule has 1 saturated heterocycles. The van der Waals surface area contributed by atoms with Gasteiger partial charge < -0.3 is 9.80 Å². The summed E-state index contributed by atoms with van der Waals surface area (Å²) in [6, 6.07) is 0. The van der Waals surface area contributed by atoms with E-state index in [1.54, 1.807) is 0 Å². The van der Waals surface area contributed by atoms with E-state index in [0.29, 0.717) is 0 Å². The zero-order valence-electron chi connectivity index (χ0n) is 10.1. The van der Waals surface area contributed by atoms with Gasteiger partial charge in [-0.3, -0.25) is 0 Å². The number of hydrogen-bond acceptors (Lipinski definition) is 2. The standard InChI is InChI=1S/C12H26N2/c1-12(2)6-4-8-14-9-5-7-13(3)10-11-14/h12H,4-11H2,1-3H3. The molecule has 2 nitrogen and oxygen atoms in total. The molecule has 0 atom stereocenters. The van der Waals surface area contributed by atoms with Gasteiger partial charge in [-0.15, -0.1) is 0 Å². The Morgan fingerprint density at radius 3 is 2.57 bits per heavy atom. The largest absolute Gasteiger partial charge is 0.305 e. The van der Waals surface area contributed by atoms with Crippen LogP contribution in [0.2, 0.25) is 0 Å². The van der Waals surface area contributed by atoms with Crippen molar-refractivity contribution in [3.63, 3.8) is 0 Å². The van der Waals surface area contributed by atoms with Crippen molar-refractivity contribution in [1.29, 1.82) is 0 Å². The van der Waals surface area contributed by atoms with Crippen molar-refractivity contribution in [3.8, 4) is 0 Å². The van der Waals surface area contributed by atoms with Crippen molar-refractivity contribution in [2.75, 3.05) is 39.8 Å². The van der Waals surface area contributed by atoms with E-state index < -0.39 is 0 Å². The predicted octanol–water partition coefficient (Wildman–Crippen LogP) is 2.06. The molecule has 0 spiro atoms. The lowest BCUT2D eigenvalue weighted by Crippen LogP contribution is -2.29. The maximum absolute atomic E-state index is 2.63. The Morgan fingerprint density at radius 1 is 1.07 bits per heavy atom. The van der Waals surface area contributed by atoms with Gasteiger partial charge in [-0.1, -0.05) is 13.8 Å². The molecule has 1 heterocycles. The van der Waals surface area contributed by atoms with Gasteiger partial charge in [0.15, 0.2) is 0 Å². The average molecular weight is 198 g/mol. The molecule has 0 bridgehead atoms. The van der Waals surface area contributed by atoms with Crippen molar-refractivity contribution in [2.45, 2.75) is 33.1 Å². The van der Waals surface area contributed by atoms with Gasteiger partial charge in [0.2, 0.25) is 0 Å². The molecule has 1 rings (SSSR count). The predicted molar refractivity (Wildman–Crippen MR) is 62.6 cm³/mol. The zero-order chi connectivity index (χ0) is 10.4. The Bertz CT molecular complexity index is 145. The molecule has 0 aromatic heterocycles. The van der Waals surface area contributed by atoms with Crippen molar-refractivity contribution < 1.29 is 0 Å². The second-order valence-corrected chi connectivity index (χ2v) is 5.03. The fourth-order valence-corrected chi connectivity index (χ4v) is 2.05. The van der Waals surface area contributed by atoms with Gasteiger partial charge in [-0.05, 0) is 51.9 Å². The maximum Gasteiger partial charge on any atom is 0.0109 e. The molecule has 0 radical (unpaired) electrons. The third-order valence-electron chi connectivity index (χ3n) is 3.07. The first-order valence-electron chi connectivity index (χ1n) is 6.09. The minimum Gasteiger partial charge on any atom is -0.305 e. The highest BCUT2D eigenvalue weighted by molar-refractivity contribution is 4.67. The van der Waals surface area contributed by atoms with Crippen LogP contribution < -0.4 is 0 Å². The Balaban J connectivity index is 2.11. The summed E-state index contributed by atoms with van der Waals surface area (Å²) in [5.41, 5.74) is 0. The number of rotatable bonds is 4. The van der Waals surface area contributed by atoms with Crippen LogP contribution in [0.25, 0.3) is 0 Å². The van der Waals surface area contributed by atoms with E-state index in [0.717, 1.165) is 5.92 Å². The first-order chi connectivity index (χ1) is 6.68. The summed E-state index contributed by atoms with van der Waals surface area (Å²) in [6.07, 6.45) is 4.10. The van der Waals surface area contributed by atoms with Crippen LogP contribution in [-0.2, 0) is 0 Å². The Morgan fingerprint density at radius 2 is 1.86 bits per heavy atom. The van der Waals surface area contributed by atoms with Crippen LogP contribution in [-0.4, -0.2) is 49.6 Å². The molecule has 1 aliphatic heterocycles. The third-order valence-corrected chi connectivity index (χ3v) is 3.07. The zero-order valence-corrected chi connectivity index (χ0v) is 10.1. The van der Waals surface area contributed by atoms with Gasteiger partial charge >= 0.3 is 0 Å². The van der Waals surface area contributed by atoms with Gasteiger partial charge in [0.25, 0.3) is 0 Å². The average Bonchev–Trinajstić information content (AvgIpc) is 2.30. The summed E-state index contributed by atoms with van der Waals surface area (Å²) < 4.78 is 0. The van der Waals surface area contributed by atoms with E-state index in [-0.39, 0.29) is 0 Å². The molecular formula is C12H26N2. The first kappa shape index (κ1) is 12.0. The van der Waals surface area contributed by atoms with Crippen LogP contribution >= 0.6 is 0 Å². The SMILES string of the molecule is CC(C)CCCN1CCCN(C)CC1. The summed E-state index contributed by atoms with van der Waals surface area (Å²) in [4.78, 5) is 5.08. The summed E-state index contributed by atoms with van der Waals surface area (Å²) in [6.45, 7) is 11.1. The van der Waals surface area contributed by atoms with Crippen molar-refractivity contribution >= 4 is 0 Å². The van der Waals surface area contributed by atoms with Gasteiger partial charge in [-0.2, -0.15) is 0 Å². The van der Waals surface area contributed by atoms with Crippen molar-refractivity contribution in [1.82, 2.24) is 9.80 Å². The molecule has 1 fully saturated rings. The van der Waals surface area contributed by atoms with Crippen molar-refractivity contribution in [2.24, 2.45) is 5.92 Å². The molecule has 0 amide bonds. The second kappa shape index (κ2) is 6.41. The molecule has 0 unspecified atom stereocenters. The molecule has 14 heavy (non-hydrogen) atoms. The van der Waals surface area contributed by atoms with E-state index in [4.69, 9.17) is 0 Å². The lowest BCUT2D eigenvalue weighted by Gasteiger charge is -2.20. The second-order valence-electron chi connectivity index (χ2n) is 5.03. The molecule has 1 aliphatic rings. The molecule has 0 saturated carbocycles. The van der Waals surface area contributed by atoms with E-state index in [1.807, 2.05) is 0 Å². The van der Waals surface area contributed by atoms with E-state index in [1.165, 1.54) is 52.0 Å². The van der Waals surface area contributed by atoms with Crippen LogP contribution in [0, 0.1) is 5.92 Å². The van der Waals surface area contributed by atoms with E-state index in [2.05, 4.69) is 30.7 Å². The molecule has 0 N–H and O–H groups in total. The van der Waals surface area contributed by atoms with Crippen LogP contribution in [0.5, 0.6) is 0 Å². The molecule has 84 valence electrons. The maximum atomic E-state index is 2.63. The number of likely N-dealkylation sites (N-methyl/N-ethyl adjacent to an activating group) is 1. The lowest BCUT2D eigenvalue weighted by molar-refractivity contribution is 0.267. The van der Waals surface area contributed by atoms with E-state index in [9.17, 15) is 0 Å². The van der Waals surface area contributed by atoms with E-state index >= 15 is 0 Å². The fraction of sp³-hybridized carbons (Fsp3) is 1.00. The summed E-state index contributed by atoms with van der Waals surface area (Å²) in [5.74, 6) is 0.865. The minimum absolute atomic E-state index is 0.865. The summed E-state index contributed by atoms with van der Waals surface area (Å²) >= 11 is 0. The quantitative estimate of drug-likeness (QED) is 0.682. The Hall–Kier alpha value is -0.0800. The van der Waals surface area contributed by atoms with Gasteiger partial charge in [0, 0.05) is 13.1 Å².